The Morgan fingerprint density at radius 3 is 2.55 bits per heavy atom. The van der Waals surface area contributed by atoms with Crippen molar-refractivity contribution in [3.8, 4) is 0 Å². The van der Waals surface area contributed by atoms with Crippen LogP contribution in [0, 0.1) is 16.0 Å². The lowest BCUT2D eigenvalue weighted by Gasteiger charge is -2.30. The Bertz CT molecular complexity index is 611. The summed E-state index contributed by atoms with van der Waals surface area (Å²) >= 11 is 5.97. The second-order valence-corrected chi connectivity index (χ2v) is 5.42. The van der Waals surface area contributed by atoms with E-state index in [1.165, 1.54) is 25.3 Å². The number of esters is 1. The summed E-state index contributed by atoms with van der Waals surface area (Å²) in [7, 11) is 1.34. The summed E-state index contributed by atoms with van der Waals surface area (Å²) in [6, 6.07) is 3.77. The zero-order chi connectivity index (χ0) is 16.3. The second kappa shape index (κ2) is 6.74. The number of piperidine rings is 1. The number of likely N-dealkylation sites (tertiary alicyclic amines) is 1. The van der Waals surface area contributed by atoms with E-state index < -0.39 is 4.92 Å². The standard InChI is InChI=1S/C14H15ClN2O5/c1-22-14(19)9-4-6-16(7-5-9)13(18)11-8-10(17(20)21)2-3-12(11)15/h2-3,8-9H,4-7H2,1H3. The molecule has 0 bridgehead atoms. The first-order valence-electron chi connectivity index (χ1n) is 6.75. The van der Waals surface area contributed by atoms with Gasteiger partial charge in [-0.3, -0.25) is 19.7 Å². The number of halogens is 1. The van der Waals surface area contributed by atoms with Crippen LogP contribution in [-0.4, -0.2) is 41.9 Å². The number of carbonyl (C=O) groups is 2. The van der Waals surface area contributed by atoms with Crippen LogP contribution in [0.2, 0.25) is 5.02 Å². The van der Waals surface area contributed by atoms with Gasteiger partial charge in [0, 0.05) is 25.2 Å². The number of hydrogen-bond acceptors (Lipinski definition) is 5. The molecule has 0 radical (unpaired) electrons. The second-order valence-electron chi connectivity index (χ2n) is 5.01. The fraction of sp³-hybridized carbons (Fsp3) is 0.429. The molecule has 0 aliphatic carbocycles. The number of methoxy groups -OCH3 is 1. The molecule has 1 saturated heterocycles. The van der Waals surface area contributed by atoms with Gasteiger partial charge in [-0.25, -0.2) is 0 Å². The first kappa shape index (κ1) is 16.2. The number of nitrogens with zero attached hydrogens (tertiary/aromatic N) is 2. The molecule has 1 fully saturated rings. The highest BCUT2D eigenvalue weighted by atomic mass is 35.5. The van der Waals surface area contributed by atoms with Gasteiger partial charge in [0.25, 0.3) is 11.6 Å². The number of amides is 1. The minimum atomic E-state index is -0.573. The van der Waals surface area contributed by atoms with Crippen molar-refractivity contribution >= 4 is 29.2 Å². The lowest BCUT2D eigenvalue weighted by Crippen LogP contribution is -2.40. The summed E-state index contributed by atoms with van der Waals surface area (Å²) in [5.74, 6) is -0.855. The van der Waals surface area contributed by atoms with Crippen molar-refractivity contribution in [3.05, 3.63) is 38.9 Å². The van der Waals surface area contributed by atoms with E-state index in [1.54, 1.807) is 4.90 Å². The van der Waals surface area contributed by atoms with Crippen molar-refractivity contribution in [3.63, 3.8) is 0 Å². The zero-order valence-electron chi connectivity index (χ0n) is 12.0. The number of nitro groups is 1. The average molecular weight is 327 g/mol. The molecule has 1 aromatic carbocycles. The summed E-state index contributed by atoms with van der Waals surface area (Å²) < 4.78 is 4.69. The van der Waals surface area contributed by atoms with Gasteiger partial charge in [0.05, 0.1) is 28.5 Å². The first-order chi connectivity index (χ1) is 10.4. The summed E-state index contributed by atoms with van der Waals surface area (Å²) in [5, 5.41) is 11.0. The lowest BCUT2D eigenvalue weighted by molar-refractivity contribution is -0.384. The smallest absolute Gasteiger partial charge is 0.308 e. The molecule has 0 spiro atoms. The molecule has 1 aliphatic rings. The molecular formula is C14H15ClN2O5. The minimum absolute atomic E-state index is 0.104. The van der Waals surface area contributed by atoms with E-state index in [1.807, 2.05) is 0 Å². The van der Waals surface area contributed by atoms with E-state index in [0.717, 1.165) is 0 Å². The third-order valence-corrected chi connectivity index (χ3v) is 4.04. The molecular weight excluding hydrogens is 312 g/mol. The highest BCUT2D eigenvalue weighted by molar-refractivity contribution is 6.33. The van der Waals surface area contributed by atoms with Crippen molar-refractivity contribution in [2.24, 2.45) is 5.92 Å². The highest BCUT2D eigenvalue weighted by Gasteiger charge is 2.29. The lowest BCUT2D eigenvalue weighted by atomic mass is 9.96. The van der Waals surface area contributed by atoms with Gasteiger partial charge in [0.15, 0.2) is 0 Å². The van der Waals surface area contributed by atoms with Gasteiger partial charge >= 0.3 is 5.97 Å². The monoisotopic (exact) mass is 326 g/mol. The van der Waals surface area contributed by atoms with Gasteiger partial charge < -0.3 is 9.64 Å². The Hall–Kier alpha value is -2.15. The number of nitro benzene ring substituents is 1. The van der Waals surface area contributed by atoms with Crippen molar-refractivity contribution in [1.29, 1.82) is 0 Å². The molecule has 0 atom stereocenters. The van der Waals surface area contributed by atoms with Crippen LogP contribution >= 0.6 is 11.6 Å². The summed E-state index contributed by atoms with van der Waals surface area (Å²) in [6.45, 7) is 0.773. The van der Waals surface area contributed by atoms with Gasteiger partial charge in [0.1, 0.15) is 0 Å². The molecule has 2 rings (SSSR count). The van der Waals surface area contributed by atoms with Crippen LogP contribution in [0.1, 0.15) is 23.2 Å². The molecule has 1 amide bonds. The number of rotatable bonds is 3. The molecule has 118 valence electrons. The molecule has 0 unspecified atom stereocenters. The Labute approximate surface area is 131 Å². The van der Waals surface area contributed by atoms with E-state index in [2.05, 4.69) is 0 Å². The quantitative estimate of drug-likeness (QED) is 0.483. The van der Waals surface area contributed by atoms with E-state index in [-0.39, 0.29) is 34.1 Å². The van der Waals surface area contributed by atoms with Gasteiger partial charge in [-0.05, 0) is 18.9 Å². The molecule has 0 saturated carbocycles. The minimum Gasteiger partial charge on any atom is -0.469 e. The van der Waals surface area contributed by atoms with E-state index >= 15 is 0 Å². The average Bonchev–Trinajstić information content (AvgIpc) is 2.53. The molecule has 1 aromatic rings. The van der Waals surface area contributed by atoms with Gasteiger partial charge in [-0.2, -0.15) is 0 Å². The normalized spacial score (nSPS) is 15.5. The van der Waals surface area contributed by atoms with Crippen molar-refractivity contribution < 1.29 is 19.2 Å². The summed E-state index contributed by atoms with van der Waals surface area (Å²) in [4.78, 5) is 35.7. The number of carbonyl (C=O) groups excluding carboxylic acids is 2. The van der Waals surface area contributed by atoms with Gasteiger partial charge in [-0.1, -0.05) is 11.6 Å². The summed E-state index contributed by atoms with van der Waals surface area (Å²) in [6.07, 6.45) is 1.01. The zero-order valence-corrected chi connectivity index (χ0v) is 12.7. The summed E-state index contributed by atoms with van der Waals surface area (Å²) in [5.41, 5.74) is -0.0791. The van der Waals surface area contributed by atoms with Gasteiger partial charge in [0.2, 0.25) is 0 Å². The van der Waals surface area contributed by atoms with Crippen LogP contribution in [0.25, 0.3) is 0 Å². The SMILES string of the molecule is COC(=O)C1CCN(C(=O)c2cc([N+](=O)[O-])ccc2Cl)CC1. The maximum atomic E-state index is 12.4. The molecule has 7 nitrogen and oxygen atoms in total. The van der Waals surface area contributed by atoms with Crippen LogP contribution in [0.4, 0.5) is 5.69 Å². The topological polar surface area (TPSA) is 89.8 Å². The fourth-order valence-corrected chi connectivity index (χ4v) is 2.64. The number of benzene rings is 1. The van der Waals surface area contributed by atoms with Crippen LogP contribution in [0.5, 0.6) is 0 Å². The van der Waals surface area contributed by atoms with Crippen molar-refractivity contribution in [2.75, 3.05) is 20.2 Å². The molecule has 0 N–H and O–H groups in total. The number of hydrogen-bond donors (Lipinski definition) is 0. The van der Waals surface area contributed by atoms with Crippen molar-refractivity contribution in [1.82, 2.24) is 4.90 Å². The van der Waals surface area contributed by atoms with Gasteiger partial charge in [-0.15, -0.1) is 0 Å². The van der Waals surface area contributed by atoms with E-state index in [4.69, 9.17) is 16.3 Å². The predicted molar refractivity (Wildman–Crippen MR) is 78.7 cm³/mol. The van der Waals surface area contributed by atoms with Crippen LogP contribution < -0.4 is 0 Å². The maximum absolute atomic E-state index is 12.4. The Kier molecular flexibility index (Phi) is 4.97. The third kappa shape index (κ3) is 3.36. The maximum Gasteiger partial charge on any atom is 0.308 e. The van der Waals surface area contributed by atoms with Crippen LogP contribution in [0.15, 0.2) is 18.2 Å². The molecule has 1 heterocycles. The number of ether oxygens (including phenoxy) is 1. The molecule has 0 aromatic heterocycles. The van der Waals surface area contributed by atoms with Crippen LogP contribution in [-0.2, 0) is 9.53 Å². The Balaban J connectivity index is 2.11. The largest absolute Gasteiger partial charge is 0.469 e. The third-order valence-electron chi connectivity index (χ3n) is 3.71. The first-order valence-corrected chi connectivity index (χ1v) is 7.13. The fourth-order valence-electron chi connectivity index (χ4n) is 2.45. The predicted octanol–water partition coefficient (Wildman–Crippen LogP) is 2.27. The molecule has 1 aliphatic heterocycles. The highest BCUT2D eigenvalue weighted by Crippen LogP contribution is 2.26. The Morgan fingerprint density at radius 2 is 2.00 bits per heavy atom. The van der Waals surface area contributed by atoms with E-state index in [0.29, 0.717) is 25.9 Å². The Morgan fingerprint density at radius 1 is 1.36 bits per heavy atom. The molecule has 8 heteroatoms. The van der Waals surface area contributed by atoms with Crippen LogP contribution in [0.3, 0.4) is 0 Å². The molecule has 22 heavy (non-hydrogen) atoms. The van der Waals surface area contributed by atoms with Crippen molar-refractivity contribution in [2.45, 2.75) is 12.8 Å². The van der Waals surface area contributed by atoms with E-state index in [9.17, 15) is 19.7 Å². The number of non-ortho nitro benzene ring substituents is 1.